The van der Waals surface area contributed by atoms with E-state index in [0.717, 1.165) is 22.9 Å². The van der Waals surface area contributed by atoms with Crippen LogP contribution in [-0.2, 0) is 36.4 Å². The van der Waals surface area contributed by atoms with E-state index in [9.17, 15) is 43.0 Å². The van der Waals surface area contributed by atoms with Gasteiger partial charge in [0.2, 0.25) is 5.91 Å². The highest BCUT2D eigenvalue weighted by Gasteiger charge is 2.43. The molecule has 252 valence electrons. The molecule has 1 saturated heterocycles. The van der Waals surface area contributed by atoms with E-state index in [0.29, 0.717) is 17.0 Å². The van der Waals surface area contributed by atoms with Crippen molar-refractivity contribution in [3.05, 3.63) is 51.3 Å². The maximum Gasteiger partial charge on any atom is 0.490 e. The molecule has 0 aromatic carbocycles. The summed E-state index contributed by atoms with van der Waals surface area (Å²) in [7, 11) is -16.9. The van der Waals surface area contributed by atoms with Gasteiger partial charge in [0, 0.05) is 31.8 Å². The van der Waals surface area contributed by atoms with Crippen molar-refractivity contribution < 1.29 is 61.1 Å². The third kappa shape index (κ3) is 9.45. The van der Waals surface area contributed by atoms with Crippen LogP contribution in [0.4, 0.5) is 5.82 Å². The fraction of sp³-hybridized carbons (Fsp3) is 0.368. The summed E-state index contributed by atoms with van der Waals surface area (Å²) in [5.41, 5.74) is -1.17. The Morgan fingerprint density at radius 3 is 2.59 bits per heavy atom. The number of nitrogens with zero attached hydrogens (tertiary/aromatic N) is 5. The Labute approximate surface area is 255 Å². The van der Waals surface area contributed by atoms with E-state index < -0.39 is 65.7 Å². The molecule has 1 fully saturated rings. The van der Waals surface area contributed by atoms with Gasteiger partial charge in [-0.2, -0.15) is 8.62 Å². The fourth-order valence-electron chi connectivity index (χ4n) is 3.91. The number of nitrogen functional groups attached to an aromatic ring is 1. The predicted molar refractivity (Wildman–Crippen MR) is 152 cm³/mol. The lowest BCUT2D eigenvalue weighted by Crippen LogP contribution is -2.33. The van der Waals surface area contributed by atoms with Crippen LogP contribution in [-0.4, -0.2) is 91.7 Å². The molecule has 5 unspecified atom stereocenters. The number of fused-ring (bicyclic) bond motifs is 1. The van der Waals surface area contributed by atoms with Crippen LogP contribution in [0, 0.1) is 0 Å². The molecule has 0 bridgehead atoms. The molecule has 3 aromatic rings. The normalized spacial score (nSPS) is 21.3. The lowest BCUT2D eigenvalue weighted by molar-refractivity contribution is -0.116. The lowest BCUT2D eigenvalue weighted by Gasteiger charge is -2.19. The molecule has 1 aliphatic heterocycles. The Kier molecular flexibility index (Phi) is 10.7. The number of phosphoric acid groups is 3. The largest absolute Gasteiger partial charge is 0.490 e. The number of nitrogens with one attached hydrogen (secondary N) is 3. The minimum atomic E-state index is -5.76. The van der Waals surface area contributed by atoms with Crippen molar-refractivity contribution in [3.63, 3.8) is 0 Å². The monoisotopic (exact) mass is 713 g/mol. The summed E-state index contributed by atoms with van der Waals surface area (Å²) in [5, 5.41) is 15.8. The van der Waals surface area contributed by atoms with Crippen molar-refractivity contribution >= 4 is 52.4 Å². The van der Waals surface area contributed by atoms with Crippen LogP contribution in [0.1, 0.15) is 18.2 Å². The molecule has 10 N–H and O–H groups in total. The average Bonchev–Trinajstić information content (AvgIpc) is 3.49. The number of carbonyl (C=O) groups is 1. The van der Waals surface area contributed by atoms with Gasteiger partial charge in [0.15, 0.2) is 17.0 Å². The summed E-state index contributed by atoms with van der Waals surface area (Å²) in [5.74, 6) is 5.49. The minimum Gasteiger partial charge on any atom is -0.390 e. The summed E-state index contributed by atoms with van der Waals surface area (Å²) in [6, 6.07) is 0. The van der Waals surface area contributed by atoms with E-state index in [4.69, 9.17) is 20.4 Å². The van der Waals surface area contributed by atoms with Gasteiger partial charge in [0.25, 0.3) is 5.56 Å². The zero-order valence-electron chi connectivity index (χ0n) is 22.9. The maximum atomic E-state index is 12.4. The number of imidazole rings is 1. The summed E-state index contributed by atoms with van der Waals surface area (Å²) in [4.78, 5) is 87.2. The van der Waals surface area contributed by atoms with E-state index >= 15 is 0 Å². The van der Waals surface area contributed by atoms with Crippen molar-refractivity contribution in [1.82, 2.24) is 34.5 Å². The number of hydrogen-bond donors (Lipinski definition) is 9. The van der Waals surface area contributed by atoms with E-state index in [-0.39, 0.29) is 25.1 Å². The lowest BCUT2D eigenvalue weighted by atomic mass is 10.2. The molecule has 3 aromatic heterocycles. The molecule has 46 heavy (non-hydrogen) atoms. The van der Waals surface area contributed by atoms with Gasteiger partial charge in [0.05, 0.1) is 18.3 Å². The molecule has 0 aliphatic carbocycles. The summed E-state index contributed by atoms with van der Waals surface area (Å²) < 4.78 is 53.3. The van der Waals surface area contributed by atoms with Gasteiger partial charge in [-0.1, -0.05) is 0 Å². The average molecular weight is 713 g/mol. The second kappa shape index (κ2) is 14.0. The van der Waals surface area contributed by atoms with Gasteiger partial charge in [-0.25, -0.2) is 38.1 Å². The number of ether oxygens (including phenoxy) is 1. The number of aliphatic hydroxyl groups is 1. The number of amides is 1. The van der Waals surface area contributed by atoms with E-state index in [1.165, 1.54) is 17.3 Å². The van der Waals surface area contributed by atoms with Crippen LogP contribution >= 0.6 is 23.5 Å². The SMILES string of the molecule is Nn1cnc2c(NCCNC(=O)/C=C/c3cn(C4CC(O)C(COP(=O)(O)OP(=O)(O)OP(=O)(O)O)O4)c(=O)[nH]c3=O)ncnc21. The maximum absolute atomic E-state index is 12.4. The molecule has 0 spiro atoms. The third-order valence-electron chi connectivity index (χ3n) is 5.82. The van der Waals surface area contributed by atoms with Gasteiger partial charge in [0.1, 0.15) is 25.0 Å². The first-order valence-corrected chi connectivity index (χ1v) is 17.1. The molecule has 27 heteroatoms. The summed E-state index contributed by atoms with van der Waals surface area (Å²) in [6.07, 6.45) is 1.36. The number of aromatic nitrogens is 6. The summed E-state index contributed by atoms with van der Waals surface area (Å²) >= 11 is 0. The molecular weight excluding hydrogens is 687 g/mol. The number of anilines is 1. The zero-order valence-corrected chi connectivity index (χ0v) is 25.6. The van der Waals surface area contributed by atoms with Crippen molar-refractivity contribution in [3.8, 4) is 0 Å². The predicted octanol–water partition coefficient (Wildman–Crippen LogP) is -2.38. The molecule has 0 saturated carbocycles. The Hall–Kier alpha value is -3.63. The molecule has 0 radical (unpaired) electrons. The summed E-state index contributed by atoms with van der Waals surface area (Å²) in [6.45, 7) is -0.609. The van der Waals surface area contributed by atoms with E-state index in [1.807, 2.05) is 4.98 Å². The Morgan fingerprint density at radius 2 is 1.87 bits per heavy atom. The molecule has 4 heterocycles. The van der Waals surface area contributed by atoms with Crippen LogP contribution in [0.5, 0.6) is 0 Å². The first-order chi connectivity index (χ1) is 21.4. The number of H-pyrrole nitrogens is 1. The van der Waals surface area contributed by atoms with Crippen molar-refractivity contribution in [1.29, 1.82) is 0 Å². The Balaban J connectivity index is 1.32. The Bertz CT molecular complexity index is 1890. The van der Waals surface area contributed by atoms with Crippen LogP contribution in [0.3, 0.4) is 0 Å². The minimum absolute atomic E-state index is 0.128. The smallest absolute Gasteiger partial charge is 0.390 e. The molecule has 5 atom stereocenters. The van der Waals surface area contributed by atoms with Gasteiger partial charge in [-0.05, 0) is 6.08 Å². The first-order valence-electron chi connectivity index (χ1n) is 12.5. The van der Waals surface area contributed by atoms with Crippen molar-refractivity contribution in [2.45, 2.75) is 24.9 Å². The highest BCUT2D eigenvalue weighted by atomic mass is 31.3. The van der Waals surface area contributed by atoms with Crippen LogP contribution in [0.25, 0.3) is 17.2 Å². The second-order valence-corrected chi connectivity index (χ2v) is 13.6. The second-order valence-electron chi connectivity index (χ2n) is 9.17. The topological polar surface area (TPSA) is 355 Å². The molecule has 24 nitrogen and oxygen atoms in total. The fourth-order valence-corrected chi connectivity index (χ4v) is 6.94. The van der Waals surface area contributed by atoms with Gasteiger partial charge >= 0.3 is 29.2 Å². The standard InChI is InChI=1S/C19H26N9O15P3/c20-28-9-25-15-16(23-8-24-17(15)28)22-4-3-21-13(30)2-1-10-6-27(19(32)26-18(10)31)14-5-11(29)12(41-14)7-40-45(36,37)43-46(38,39)42-44(33,34)35/h1-2,6,8-9,11-12,14,29H,3-5,7,20H2,(H,21,30)(H,36,37)(H,38,39)(H,22,23,24)(H,26,31,32)(H2,33,34,35)/b2-1+. The van der Waals surface area contributed by atoms with E-state index in [2.05, 4.69) is 38.7 Å². The molecule has 1 amide bonds. The third-order valence-corrected chi connectivity index (χ3v) is 9.62. The van der Waals surface area contributed by atoms with Crippen LogP contribution < -0.4 is 27.7 Å². The van der Waals surface area contributed by atoms with Gasteiger partial charge in [-0.15, -0.1) is 0 Å². The van der Waals surface area contributed by atoms with Crippen molar-refractivity contribution in [2.24, 2.45) is 0 Å². The number of carbonyl (C=O) groups excluding carboxylic acids is 1. The zero-order chi connectivity index (χ0) is 33.9. The van der Waals surface area contributed by atoms with Crippen molar-refractivity contribution in [2.75, 3.05) is 30.9 Å². The molecular formula is C19H26N9O15P3. The number of aliphatic hydroxyl groups excluding tert-OH is 1. The highest BCUT2D eigenvalue weighted by molar-refractivity contribution is 7.66. The number of nitrogens with two attached hydrogens (primary N) is 1. The number of rotatable bonds is 14. The first kappa shape index (κ1) is 35.2. The van der Waals surface area contributed by atoms with Gasteiger partial charge < -0.3 is 45.9 Å². The number of aromatic amines is 1. The molecule has 1 aliphatic rings. The highest BCUT2D eigenvalue weighted by Crippen LogP contribution is 2.66. The van der Waals surface area contributed by atoms with Gasteiger partial charge in [-0.3, -0.25) is 23.7 Å². The van der Waals surface area contributed by atoms with Crippen LogP contribution in [0.15, 0.2) is 34.5 Å². The van der Waals surface area contributed by atoms with E-state index in [1.54, 1.807) is 0 Å². The number of hydrogen-bond acceptors (Lipinski definition) is 16. The number of phosphoric ester groups is 1. The molecule has 4 rings (SSSR count). The Morgan fingerprint density at radius 1 is 1.13 bits per heavy atom. The van der Waals surface area contributed by atoms with Crippen LogP contribution in [0.2, 0.25) is 0 Å². The quantitative estimate of drug-likeness (QED) is 0.0364.